The highest BCUT2D eigenvalue weighted by atomic mass is 16.1. The molecule has 1 saturated carbocycles. The minimum Gasteiger partial charge on any atom is -0.356 e. The molecule has 1 saturated heterocycles. The minimum atomic E-state index is 0.271. The van der Waals surface area contributed by atoms with E-state index in [9.17, 15) is 4.79 Å². The van der Waals surface area contributed by atoms with Gasteiger partial charge in [0.1, 0.15) is 0 Å². The lowest BCUT2D eigenvalue weighted by Crippen LogP contribution is -2.41. The van der Waals surface area contributed by atoms with Gasteiger partial charge in [0.2, 0.25) is 5.91 Å². The molecule has 1 aliphatic heterocycles. The van der Waals surface area contributed by atoms with Gasteiger partial charge in [0, 0.05) is 13.0 Å². The van der Waals surface area contributed by atoms with Crippen LogP contribution in [0.2, 0.25) is 0 Å². The minimum absolute atomic E-state index is 0.271. The third-order valence-corrected chi connectivity index (χ3v) is 3.08. The zero-order chi connectivity index (χ0) is 7.68. The molecule has 2 fully saturated rings. The summed E-state index contributed by atoms with van der Waals surface area (Å²) in [6.45, 7) is 0.948. The number of amides is 1. The van der Waals surface area contributed by atoms with E-state index in [0.29, 0.717) is 0 Å². The average molecular weight is 153 g/mol. The van der Waals surface area contributed by atoms with Gasteiger partial charge in [-0.2, -0.15) is 0 Å². The maximum Gasteiger partial charge on any atom is 0.220 e. The van der Waals surface area contributed by atoms with Crippen LogP contribution in [-0.2, 0) is 4.79 Å². The second-order valence-corrected chi connectivity index (χ2v) is 3.81. The molecule has 0 bridgehead atoms. The number of carbonyl (C=O) groups excluding carboxylic acids is 1. The summed E-state index contributed by atoms with van der Waals surface area (Å²) in [6, 6.07) is 0. The first kappa shape index (κ1) is 7.14. The monoisotopic (exact) mass is 153 g/mol. The zero-order valence-corrected chi connectivity index (χ0v) is 6.81. The molecule has 11 heavy (non-hydrogen) atoms. The Morgan fingerprint density at radius 2 is 1.91 bits per heavy atom. The molecule has 0 radical (unpaired) electrons. The van der Waals surface area contributed by atoms with Crippen LogP contribution < -0.4 is 5.32 Å². The summed E-state index contributed by atoms with van der Waals surface area (Å²) in [4.78, 5) is 11.0. The topological polar surface area (TPSA) is 29.1 Å². The molecular weight excluding hydrogens is 138 g/mol. The molecule has 0 aromatic heterocycles. The summed E-state index contributed by atoms with van der Waals surface area (Å²) in [5, 5.41) is 2.94. The van der Waals surface area contributed by atoms with Crippen molar-refractivity contribution in [3.05, 3.63) is 0 Å². The van der Waals surface area contributed by atoms with Crippen LogP contribution in [0.4, 0.5) is 0 Å². The summed E-state index contributed by atoms with van der Waals surface area (Å²) in [6.07, 6.45) is 6.14. The predicted octanol–water partition coefficient (Wildman–Crippen LogP) is 1.31. The summed E-state index contributed by atoms with van der Waals surface area (Å²) in [7, 11) is 0. The second-order valence-electron chi connectivity index (χ2n) is 3.81. The fraction of sp³-hybridized carbons (Fsp3) is 0.889. The molecule has 0 aromatic carbocycles. The fourth-order valence-electron chi connectivity index (χ4n) is 2.38. The molecule has 2 heteroatoms. The van der Waals surface area contributed by atoms with Crippen molar-refractivity contribution in [2.75, 3.05) is 6.54 Å². The number of carbonyl (C=O) groups is 1. The highest BCUT2D eigenvalue weighted by Crippen LogP contribution is 2.33. The van der Waals surface area contributed by atoms with Gasteiger partial charge in [-0.05, 0) is 24.7 Å². The molecule has 2 nitrogen and oxygen atoms in total. The first-order valence-electron chi connectivity index (χ1n) is 4.63. The van der Waals surface area contributed by atoms with Gasteiger partial charge in [0.25, 0.3) is 0 Å². The van der Waals surface area contributed by atoms with E-state index in [2.05, 4.69) is 5.32 Å². The van der Waals surface area contributed by atoms with Crippen molar-refractivity contribution in [3.8, 4) is 0 Å². The van der Waals surface area contributed by atoms with Gasteiger partial charge >= 0.3 is 0 Å². The normalized spacial score (nSPS) is 37.6. The van der Waals surface area contributed by atoms with Crippen molar-refractivity contribution >= 4 is 5.91 Å². The first-order valence-corrected chi connectivity index (χ1v) is 4.63. The highest BCUT2D eigenvalue weighted by molar-refractivity contribution is 5.77. The molecule has 0 aromatic rings. The molecule has 1 amide bonds. The predicted molar refractivity (Wildman–Crippen MR) is 43.1 cm³/mol. The Balaban J connectivity index is 1.98. The fourth-order valence-corrected chi connectivity index (χ4v) is 2.38. The van der Waals surface area contributed by atoms with Crippen molar-refractivity contribution in [1.82, 2.24) is 5.32 Å². The van der Waals surface area contributed by atoms with Crippen LogP contribution in [-0.4, -0.2) is 12.5 Å². The smallest absolute Gasteiger partial charge is 0.220 e. The van der Waals surface area contributed by atoms with Crippen LogP contribution >= 0.6 is 0 Å². The molecule has 1 aliphatic carbocycles. The van der Waals surface area contributed by atoms with Crippen LogP contribution in [0.5, 0.6) is 0 Å². The Morgan fingerprint density at radius 3 is 2.73 bits per heavy atom. The summed E-state index contributed by atoms with van der Waals surface area (Å²) in [5.74, 6) is 1.80. The Labute approximate surface area is 67.4 Å². The van der Waals surface area contributed by atoms with Crippen LogP contribution in [0.3, 0.4) is 0 Å². The van der Waals surface area contributed by atoms with Gasteiger partial charge in [-0.15, -0.1) is 0 Å². The van der Waals surface area contributed by atoms with E-state index in [1.54, 1.807) is 0 Å². The van der Waals surface area contributed by atoms with Crippen molar-refractivity contribution in [3.63, 3.8) is 0 Å². The lowest BCUT2D eigenvalue weighted by Gasteiger charge is -2.35. The van der Waals surface area contributed by atoms with Crippen molar-refractivity contribution in [2.45, 2.75) is 32.1 Å². The lowest BCUT2D eigenvalue weighted by molar-refractivity contribution is -0.125. The summed E-state index contributed by atoms with van der Waals surface area (Å²) < 4.78 is 0. The van der Waals surface area contributed by atoms with Crippen molar-refractivity contribution in [1.29, 1.82) is 0 Å². The first-order chi connectivity index (χ1) is 5.36. The highest BCUT2D eigenvalue weighted by Gasteiger charge is 2.30. The number of rotatable bonds is 0. The Morgan fingerprint density at radius 1 is 1.18 bits per heavy atom. The number of hydrogen-bond donors (Lipinski definition) is 1. The summed E-state index contributed by atoms with van der Waals surface area (Å²) in [5.41, 5.74) is 0. The van der Waals surface area contributed by atoms with Crippen LogP contribution in [0.15, 0.2) is 0 Å². The SMILES string of the molecule is O=C1C[C@@H]2CCCC[C@H]2CN1. The molecular formula is C9H15NO. The molecule has 1 heterocycles. The van der Waals surface area contributed by atoms with Gasteiger partial charge in [0.15, 0.2) is 0 Å². The van der Waals surface area contributed by atoms with Crippen molar-refractivity contribution in [2.24, 2.45) is 11.8 Å². The largest absolute Gasteiger partial charge is 0.356 e. The molecule has 0 spiro atoms. The third-order valence-electron chi connectivity index (χ3n) is 3.08. The van der Waals surface area contributed by atoms with Crippen LogP contribution in [0, 0.1) is 11.8 Å². The van der Waals surface area contributed by atoms with E-state index in [0.717, 1.165) is 24.8 Å². The number of hydrogen-bond acceptors (Lipinski definition) is 1. The van der Waals surface area contributed by atoms with Crippen LogP contribution in [0.25, 0.3) is 0 Å². The maximum absolute atomic E-state index is 11.0. The van der Waals surface area contributed by atoms with Gasteiger partial charge in [-0.3, -0.25) is 4.79 Å². The Hall–Kier alpha value is -0.530. The molecule has 2 atom stereocenters. The molecule has 2 aliphatic rings. The maximum atomic E-state index is 11.0. The Kier molecular flexibility index (Phi) is 1.84. The Bertz CT molecular complexity index is 167. The standard InChI is InChI=1S/C9H15NO/c11-9-5-7-3-1-2-4-8(7)6-10-9/h7-8H,1-6H2,(H,10,11)/t7-,8-/m0/s1. The molecule has 0 unspecified atom stereocenters. The van der Waals surface area contributed by atoms with E-state index in [4.69, 9.17) is 0 Å². The van der Waals surface area contributed by atoms with E-state index in [1.165, 1.54) is 25.7 Å². The zero-order valence-electron chi connectivity index (χ0n) is 6.81. The number of nitrogens with one attached hydrogen (secondary N) is 1. The third kappa shape index (κ3) is 1.39. The summed E-state index contributed by atoms with van der Waals surface area (Å²) >= 11 is 0. The quantitative estimate of drug-likeness (QED) is 0.558. The van der Waals surface area contributed by atoms with Crippen molar-refractivity contribution < 1.29 is 4.79 Å². The number of fused-ring (bicyclic) bond motifs is 1. The molecule has 62 valence electrons. The second kappa shape index (κ2) is 2.84. The van der Waals surface area contributed by atoms with Gasteiger partial charge < -0.3 is 5.32 Å². The van der Waals surface area contributed by atoms with Gasteiger partial charge in [-0.25, -0.2) is 0 Å². The molecule has 1 N–H and O–H groups in total. The lowest BCUT2D eigenvalue weighted by atomic mass is 9.75. The van der Waals surface area contributed by atoms with E-state index >= 15 is 0 Å². The van der Waals surface area contributed by atoms with E-state index in [-0.39, 0.29) is 5.91 Å². The van der Waals surface area contributed by atoms with Crippen LogP contribution in [0.1, 0.15) is 32.1 Å². The average Bonchev–Trinajstić information content (AvgIpc) is 2.04. The van der Waals surface area contributed by atoms with Gasteiger partial charge in [0.05, 0.1) is 0 Å². The van der Waals surface area contributed by atoms with E-state index < -0.39 is 0 Å². The van der Waals surface area contributed by atoms with E-state index in [1.807, 2.05) is 0 Å². The van der Waals surface area contributed by atoms with Gasteiger partial charge in [-0.1, -0.05) is 12.8 Å². The molecule has 2 rings (SSSR count). The number of piperidine rings is 1.